The molecule has 18 heavy (non-hydrogen) atoms. The first kappa shape index (κ1) is 11.8. The molecule has 2 heterocycles. The van der Waals surface area contributed by atoms with Gasteiger partial charge in [-0.25, -0.2) is 0 Å². The van der Waals surface area contributed by atoms with Crippen molar-refractivity contribution < 1.29 is 4.79 Å². The van der Waals surface area contributed by atoms with Gasteiger partial charge in [0, 0.05) is 24.5 Å². The van der Waals surface area contributed by atoms with Crippen LogP contribution in [0.1, 0.15) is 43.8 Å². The number of nitrogens with two attached hydrogens (primary N) is 1. The van der Waals surface area contributed by atoms with Gasteiger partial charge in [0.25, 0.3) is 0 Å². The lowest BCUT2D eigenvalue weighted by Gasteiger charge is -2.28. The highest BCUT2D eigenvalue weighted by Crippen LogP contribution is 2.35. The van der Waals surface area contributed by atoms with Crippen LogP contribution in [-0.4, -0.2) is 28.4 Å². The van der Waals surface area contributed by atoms with E-state index in [0.717, 1.165) is 44.3 Å². The monoisotopic (exact) mass is 247 g/mol. The zero-order valence-corrected chi connectivity index (χ0v) is 10.6. The summed E-state index contributed by atoms with van der Waals surface area (Å²) in [5, 5.41) is 0. The van der Waals surface area contributed by atoms with Gasteiger partial charge in [-0.2, -0.15) is 0 Å². The highest BCUT2D eigenvalue weighted by atomic mass is 16.2. The normalized spacial score (nSPS) is 32.1. The third-order valence-electron chi connectivity index (χ3n) is 4.40. The highest BCUT2D eigenvalue weighted by Gasteiger charge is 2.38. The van der Waals surface area contributed by atoms with Crippen molar-refractivity contribution in [2.45, 2.75) is 44.2 Å². The van der Waals surface area contributed by atoms with Gasteiger partial charge in [0.2, 0.25) is 5.91 Å². The molecule has 0 bridgehead atoms. The molecular weight excluding hydrogens is 226 g/mol. The number of carbonyl (C=O) groups excluding carboxylic acids is 1. The van der Waals surface area contributed by atoms with Crippen molar-refractivity contribution in [3.8, 4) is 0 Å². The summed E-state index contributed by atoms with van der Waals surface area (Å²) in [6, 6.07) is 4.38. The number of amides is 1. The molecule has 4 nitrogen and oxygen atoms in total. The molecule has 2 fully saturated rings. The number of aromatic amines is 1. The molecule has 3 rings (SSSR count). The van der Waals surface area contributed by atoms with E-state index < -0.39 is 0 Å². The molecule has 3 N–H and O–H groups in total. The molecule has 98 valence electrons. The topological polar surface area (TPSA) is 62.1 Å². The predicted molar refractivity (Wildman–Crippen MR) is 69.8 cm³/mol. The summed E-state index contributed by atoms with van der Waals surface area (Å²) >= 11 is 0. The Morgan fingerprint density at radius 3 is 2.89 bits per heavy atom. The summed E-state index contributed by atoms with van der Waals surface area (Å²) in [6.45, 7) is 0.881. The molecule has 2 aliphatic rings. The van der Waals surface area contributed by atoms with Gasteiger partial charge in [-0.05, 0) is 37.8 Å². The van der Waals surface area contributed by atoms with Crippen LogP contribution in [0.3, 0.4) is 0 Å². The molecule has 4 heteroatoms. The maximum atomic E-state index is 12.6. The first-order valence-corrected chi connectivity index (χ1v) is 6.96. The minimum absolute atomic E-state index is 0.0561. The fourth-order valence-corrected chi connectivity index (χ4v) is 3.41. The minimum Gasteiger partial charge on any atom is -0.363 e. The molecule has 1 aliphatic heterocycles. The van der Waals surface area contributed by atoms with Crippen LogP contribution in [0.2, 0.25) is 0 Å². The number of hydrogen-bond acceptors (Lipinski definition) is 2. The third kappa shape index (κ3) is 1.94. The molecule has 1 saturated heterocycles. The van der Waals surface area contributed by atoms with E-state index in [1.54, 1.807) is 0 Å². The predicted octanol–water partition coefficient (Wildman–Crippen LogP) is 1.81. The van der Waals surface area contributed by atoms with Crippen molar-refractivity contribution in [2.24, 2.45) is 11.7 Å². The van der Waals surface area contributed by atoms with Crippen LogP contribution in [0.4, 0.5) is 0 Å². The van der Waals surface area contributed by atoms with Gasteiger partial charge in [-0.1, -0.05) is 6.42 Å². The Bertz CT molecular complexity index is 415. The average molecular weight is 247 g/mol. The van der Waals surface area contributed by atoms with E-state index >= 15 is 0 Å². The summed E-state index contributed by atoms with van der Waals surface area (Å²) in [4.78, 5) is 17.9. The van der Waals surface area contributed by atoms with Gasteiger partial charge >= 0.3 is 0 Å². The molecule has 1 aliphatic carbocycles. The van der Waals surface area contributed by atoms with Crippen molar-refractivity contribution in [1.82, 2.24) is 9.88 Å². The smallest absolute Gasteiger partial charge is 0.227 e. The van der Waals surface area contributed by atoms with E-state index in [9.17, 15) is 4.79 Å². The second kappa shape index (κ2) is 4.76. The van der Waals surface area contributed by atoms with Gasteiger partial charge in [0.05, 0.1) is 12.0 Å². The first-order chi connectivity index (χ1) is 8.77. The molecule has 3 atom stereocenters. The molecule has 1 aromatic rings. The van der Waals surface area contributed by atoms with E-state index in [1.165, 1.54) is 0 Å². The van der Waals surface area contributed by atoms with Crippen LogP contribution < -0.4 is 5.73 Å². The van der Waals surface area contributed by atoms with Gasteiger partial charge in [-0.3, -0.25) is 4.79 Å². The molecule has 0 aromatic carbocycles. The number of aromatic nitrogens is 1. The van der Waals surface area contributed by atoms with Gasteiger partial charge < -0.3 is 15.6 Å². The van der Waals surface area contributed by atoms with Crippen LogP contribution in [0.15, 0.2) is 18.3 Å². The Hall–Kier alpha value is -1.29. The van der Waals surface area contributed by atoms with Crippen molar-refractivity contribution >= 4 is 5.91 Å². The van der Waals surface area contributed by atoms with Crippen LogP contribution in [-0.2, 0) is 4.79 Å². The molecule has 0 spiro atoms. The Morgan fingerprint density at radius 2 is 2.22 bits per heavy atom. The SMILES string of the molecule is NC1CCCC1C(=O)N1CCCC1c1ccc[nH]1. The third-order valence-corrected chi connectivity index (χ3v) is 4.40. The van der Waals surface area contributed by atoms with Crippen molar-refractivity contribution in [3.05, 3.63) is 24.0 Å². The Kier molecular flexibility index (Phi) is 3.12. The average Bonchev–Trinajstić information content (AvgIpc) is 3.09. The number of rotatable bonds is 2. The van der Waals surface area contributed by atoms with Crippen LogP contribution in [0.5, 0.6) is 0 Å². The fraction of sp³-hybridized carbons (Fsp3) is 0.643. The summed E-state index contributed by atoms with van der Waals surface area (Å²) < 4.78 is 0. The van der Waals surface area contributed by atoms with Crippen molar-refractivity contribution in [2.75, 3.05) is 6.54 Å². The van der Waals surface area contributed by atoms with Crippen molar-refractivity contribution in [3.63, 3.8) is 0 Å². The number of hydrogen-bond donors (Lipinski definition) is 2. The summed E-state index contributed by atoms with van der Waals surface area (Å²) in [5.41, 5.74) is 7.22. The van der Waals surface area contributed by atoms with Gasteiger partial charge in [-0.15, -0.1) is 0 Å². The lowest BCUT2D eigenvalue weighted by atomic mass is 10.0. The summed E-state index contributed by atoms with van der Waals surface area (Å²) in [7, 11) is 0. The van der Waals surface area contributed by atoms with E-state index in [2.05, 4.69) is 11.1 Å². The van der Waals surface area contributed by atoms with Gasteiger partial charge in [0.15, 0.2) is 0 Å². The number of nitrogens with one attached hydrogen (secondary N) is 1. The molecule has 1 amide bonds. The maximum absolute atomic E-state index is 12.6. The number of likely N-dealkylation sites (tertiary alicyclic amines) is 1. The number of carbonyl (C=O) groups is 1. The summed E-state index contributed by atoms with van der Waals surface area (Å²) in [6.07, 6.45) is 7.15. The fourth-order valence-electron chi connectivity index (χ4n) is 3.41. The number of nitrogens with zero attached hydrogens (tertiary/aromatic N) is 1. The van der Waals surface area contributed by atoms with Crippen LogP contribution >= 0.6 is 0 Å². The van der Waals surface area contributed by atoms with E-state index in [0.29, 0.717) is 0 Å². The standard InChI is InChI=1S/C14H21N3O/c15-11-5-1-4-10(11)14(18)17-9-3-7-13(17)12-6-2-8-16-12/h2,6,8,10-11,13,16H,1,3-5,7,9,15H2. The first-order valence-electron chi connectivity index (χ1n) is 6.96. The van der Waals surface area contributed by atoms with Gasteiger partial charge in [0.1, 0.15) is 0 Å². The van der Waals surface area contributed by atoms with Crippen molar-refractivity contribution in [1.29, 1.82) is 0 Å². The zero-order chi connectivity index (χ0) is 12.5. The maximum Gasteiger partial charge on any atom is 0.227 e. The highest BCUT2D eigenvalue weighted by molar-refractivity contribution is 5.80. The Morgan fingerprint density at radius 1 is 1.33 bits per heavy atom. The van der Waals surface area contributed by atoms with Crippen LogP contribution in [0, 0.1) is 5.92 Å². The molecule has 1 aromatic heterocycles. The van der Waals surface area contributed by atoms with E-state index in [4.69, 9.17) is 5.73 Å². The summed E-state index contributed by atoms with van der Waals surface area (Å²) in [5.74, 6) is 0.331. The molecule has 3 unspecified atom stereocenters. The Labute approximate surface area is 108 Å². The molecule has 1 saturated carbocycles. The molecular formula is C14H21N3O. The zero-order valence-electron chi connectivity index (χ0n) is 10.6. The molecule has 0 radical (unpaired) electrons. The second-order valence-corrected chi connectivity index (χ2v) is 5.52. The lowest BCUT2D eigenvalue weighted by molar-refractivity contribution is -0.136. The second-order valence-electron chi connectivity index (χ2n) is 5.52. The minimum atomic E-state index is 0.0561. The Balaban J connectivity index is 1.76. The van der Waals surface area contributed by atoms with E-state index in [-0.39, 0.29) is 23.9 Å². The lowest BCUT2D eigenvalue weighted by Crippen LogP contribution is -2.41. The quantitative estimate of drug-likeness (QED) is 0.837. The largest absolute Gasteiger partial charge is 0.363 e. The number of H-pyrrole nitrogens is 1. The van der Waals surface area contributed by atoms with E-state index in [1.807, 2.05) is 17.2 Å². The van der Waals surface area contributed by atoms with Crippen LogP contribution in [0.25, 0.3) is 0 Å².